The van der Waals surface area contributed by atoms with Gasteiger partial charge in [-0.2, -0.15) is 0 Å². The number of carbonyl (C=O) groups is 2. The van der Waals surface area contributed by atoms with Crippen molar-refractivity contribution in [3.8, 4) is 17.2 Å². The van der Waals surface area contributed by atoms with Crippen LogP contribution in [0.25, 0.3) is 0 Å². The molecule has 32 heavy (non-hydrogen) atoms. The molecular weight excluding hydrogens is 410 g/mol. The van der Waals surface area contributed by atoms with E-state index in [4.69, 9.17) is 14.2 Å². The molecule has 2 aromatic rings. The van der Waals surface area contributed by atoms with Gasteiger partial charge < -0.3 is 30.2 Å². The molecule has 3 rings (SSSR count). The van der Waals surface area contributed by atoms with Crippen LogP contribution in [0.2, 0.25) is 0 Å². The molecule has 0 unspecified atom stereocenters. The minimum atomic E-state index is -0.425. The average molecular weight is 442 g/mol. The molecule has 0 aliphatic heterocycles. The summed E-state index contributed by atoms with van der Waals surface area (Å²) in [6, 6.07) is 10.6. The molecule has 1 aliphatic rings. The molecule has 1 aliphatic carbocycles. The van der Waals surface area contributed by atoms with Crippen LogP contribution in [0.4, 0.5) is 11.4 Å². The predicted molar refractivity (Wildman–Crippen MR) is 124 cm³/mol. The van der Waals surface area contributed by atoms with Gasteiger partial charge in [-0.3, -0.25) is 9.59 Å². The third-order valence-electron chi connectivity index (χ3n) is 5.57. The number of benzene rings is 2. The molecule has 3 N–H and O–H groups in total. The third-order valence-corrected chi connectivity index (χ3v) is 5.57. The van der Waals surface area contributed by atoms with E-state index in [1.807, 2.05) is 24.3 Å². The lowest BCUT2D eigenvalue weighted by molar-refractivity contribution is -0.115. The molecule has 2 aromatic carbocycles. The molecule has 0 aromatic heterocycles. The second kappa shape index (κ2) is 11.3. The summed E-state index contributed by atoms with van der Waals surface area (Å²) in [6.07, 6.45) is 5.24. The molecule has 1 fully saturated rings. The van der Waals surface area contributed by atoms with Crippen molar-refractivity contribution in [2.24, 2.45) is 5.92 Å². The van der Waals surface area contributed by atoms with Gasteiger partial charge in [0.2, 0.25) is 11.7 Å². The zero-order valence-corrected chi connectivity index (χ0v) is 18.8. The number of anilines is 2. The second-order valence-corrected chi connectivity index (χ2v) is 7.75. The van der Waals surface area contributed by atoms with Gasteiger partial charge in [0.15, 0.2) is 11.5 Å². The van der Waals surface area contributed by atoms with E-state index in [1.54, 1.807) is 0 Å². The molecule has 172 valence electrons. The van der Waals surface area contributed by atoms with E-state index in [0.717, 1.165) is 18.2 Å². The van der Waals surface area contributed by atoms with Crippen LogP contribution < -0.4 is 30.2 Å². The second-order valence-electron chi connectivity index (χ2n) is 7.75. The van der Waals surface area contributed by atoms with Gasteiger partial charge in [-0.1, -0.05) is 12.8 Å². The normalized spacial score (nSPS) is 13.3. The Morgan fingerprint density at radius 3 is 2.06 bits per heavy atom. The smallest absolute Gasteiger partial charge is 0.251 e. The Kier molecular flexibility index (Phi) is 8.19. The van der Waals surface area contributed by atoms with Crippen molar-refractivity contribution in [3.05, 3.63) is 42.0 Å². The number of hydrogen-bond donors (Lipinski definition) is 3. The fourth-order valence-electron chi connectivity index (χ4n) is 3.83. The summed E-state index contributed by atoms with van der Waals surface area (Å²) in [5, 5.41) is 8.85. The first-order valence-electron chi connectivity index (χ1n) is 10.8. The summed E-state index contributed by atoms with van der Waals surface area (Å²) in [5.74, 6) is 1.13. The van der Waals surface area contributed by atoms with Crippen LogP contribution in [0.15, 0.2) is 36.4 Å². The molecule has 2 amide bonds. The molecular formula is C24H31N3O5. The van der Waals surface area contributed by atoms with Gasteiger partial charge in [-0.15, -0.1) is 0 Å². The van der Waals surface area contributed by atoms with Crippen LogP contribution in [-0.2, 0) is 4.79 Å². The van der Waals surface area contributed by atoms with Crippen LogP contribution >= 0.6 is 0 Å². The number of methoxy groups -OCH3 is 3. The highest BCUT2D eigenvalue weighted by atomic mass is 16.5. The topological polar surface area (TPSA) is 97.9 Å². The Labute approximate surface area is 188 Å². The van der Waals surface area contributed by atoms with Crippen LogP contribution in [-0.4, -0.2) is 46.2 Å². The van der Waals surface area contributed by atoms with Gasteiger partial charge >= 0.3 is 0 Å². The van der Waals surface area contributed by atoms with Crippen LogP contribution in [0, 0.1) is 5.92 Å². The van der Waals surface area contributed by atoms with E-state index in [-0.39, 0.29) is 12.5 Å². The molecule has 0 atom stereocenters. The Balaban J connectivity index is 1.50. The van der Waals surface area contributed by atoms with E-state index < -0.39 is 5.91 Å². The molecule has 8 nitrogen and oxygen atoms in total. The van der Waals surface area contributed by atoms with Crippen molar-refractivity contribution in [1.29, 1.82) is 0 Å². The lowest BCUT2D eigenvalue weighted by Gasteiger charge is -2.14. The van der Waals surface area contributed by atoms with Crippen molar-refractivity contribution in [2.75, 3.05) is 45.1 Å². The zero-order valence-electron chi connectivity index (χ0n) is 18.8. The van der Waals surface area contributed by atoms with Gasteiger partial charge in [0, 0.05) is 23.5 Å². The molecule has 0 bridgehead atoms. The van der Waals surface area contributed by atoms with Crippen molar-refractivity contribution in [3.63, 3.8) is 0 Å². The lowest BCUT2D eigenvalue weighted by atomic mass is 10.1. The quantitative estimate of drug-likeness (QED) is 0.520. The summed E-state index contributed by atoms with van der Waals surface area (Å²) < 4.78 is 15.8. The summed E-state index contributed by atoms with van der Waals surface area (Å²) in [5.41, 5.74) is 2.00. The van der Waals surface area contributed by atoms with Crippen molar-refractivity contribution >= 4 is 23.2 Å². The molecule has 1 saturated carbocycles. The van der Waals surface area contributed by atoms with E-state index in [2.05, 4.69) is 16.0 Å². The van der Waals surface area contributed by atoms with E-state index in [1.165, 1.54) is 59.1 Å². The van der Waals surface area contributed by atoms with Gasteiger partial charge in [-0.25, -0.2) is 0 Å². The number of carbonyl (C=O) groups excluding carboxylic acids is 2. The minimum absolute atomic E-state index is 0.169. The zero-order chi connectivity index (χ0) is 22.9. The first kappa shape index (κ1) is 23.2. The average Bonchev–Trinajstić information content (AvgIpc) is 3.34. The Hall–Kier alpha value is -3.42. The van der Waals surface area contributed by atoms with Gasteiger partial charge in [0.25, 0.3) is 5.91 Å². The molecule has 0 spiro atoms. The molecule has 0 saturated heterocycles. The maximum absolute atomic E-state index is 12.5. The van der Waals surface area contributed by atoms with E-state index >= 15 is 0 Å². The van der Waals surface area contributed by atoms with E-state index in [0.29, 0.717) is 28.5 Å². The fraction of sp³-hybridized carbons (Fsp3) is 0.417. The van der Waals surface area contributed by atoms with E-state index in [9.17, 15) is 9.59 Å². The van der Waals surface area contributed by atoms with Gasteiger partial charge in [-0.05, 0) is 55.2 Å². The summed E-state index contributed by atoms with van der Waals surface area (Å²) >= 11 is 0. The fourth-order valence-corrected chi connectivity index (χ4v) is 3.83. The monoisotopic (exact) mass is 441 g/mol. The van der Waals surface area contributed by atoms with Crippen LogP contribution in [0.1, 0.15) is 36.0 Å². The highest BCUT2D eigenvalue weighted by molar-refractivity contribution is 6.00. The standard InChI is InChI=1S/C24H31N3O5/c1-30-20-12-17(13-21(31-2)23(20)32-3)24(29)26-15-22(28)27-19-10-8-18(9-11-19)25-14-16-6-4-5-7-16/h8-13,16,25H,4-7,14-15H2,1-3H3,(H,26,29)(H,27,28). The van der Waals surface area contributed by atoms with Crippen LogP contribution in [0.5, 0.6) is 17.2 Å². The largest absolute Gasteiger partial charge is 0.493 e. The summed E-state index contributed by atoms with van der Waals surface area (Å²) in [4.78, 5) is 24.8. The minimum Gasteiger partial charge on any atom is -0.493 e. The number of nitrogens with one attached hydrogen (secondary N) is 3. The first-order chi connectivity index (χ1) is 15.5. The maximum Gasteiger partial charge on any atom is 0.251 e. The Morgan fingerprint density at radius 2 is 1.50 bits per heavy atom. The Bertz CT molecular complexity index is 899. The summed E-state index contributed by atoms with van der Waals surface area (Å²) in [7, 11) is 4.44. The van der Waals surface area contributed by atoms with Gasteiger partial charge in [0.1, 0.15) is 0 Å². The molecule has 0 heterocycles. The highest BCUT2D eigenvalue weighted by Gasteiger charge is 2.18. The SMILES string of the molecule is COc1cc(C(=O)NCC(=O)Nc2ccc(NCC3CCCC3)cc2)cc(OC)c1OC. The number of ether oxygens (including phenoxy) is 3. The number of rotatable bonds is 10. The molecule has 0 radical (unpaired) electrons. The number of amides is 2. The third kappa shape index (κ3) is 6.06. The molecule has 8 heteroatoms. The summed E-state index contributed by atoms with van der Waals surface area (Å²) in [6.45, 7) is 0.815. The van der Waals surface area contributed by atoms with Gasteiger partial charge in [0.05, 0.1) is 27.9 Å². The highest BCUT2D eigenvalue weighted by Crippen LogP contribution is 2.38. The lowest BCUT2D eigenvalue weighted by Crippen LogP contribution is -2.32. The van der Waals surface area contributed by atoms with Crippen molar-refractivity contribution in [2.45, 2.75) is 25.7 Å². The Morgan fingerprint density at radius 1 is 0.906 bits per heavy atom. The number of hydrogen-bond acceptors (Lipinski definition) is 6. The van der Waals surface area contributed by atoms with Crippen molar-refractivity contribution < 1.29 is 23.8 Å². The first-order valence-corrected chi connectivity index (χ1v) is 10.8. The predicted octanol–water partition coefficient (Wildman–Crippen LogP) is 3.68. The maximum atomic E-state index is 12.5. The van der Waals surface area contributed by atoms with Crippen molar-refractivity contribution in [1.82, 2.24) is 5.32 Å². The van der Waals surface area contributed by atoms with Crippen LogP contribution in [0.3, 0.4) is 0 Å².